The minimum atomic E-state index is -7.22. The molecule has 10 nitrogen and oxygen atoms in total. The lowest BCUT2D eigenvalue weighted by atomic mass is 9.12. The minimum absolute atomic E-state index is 0.224. The van der Waals surface area contributed by atoms with Crippen LogP contribution in [0.15, 0.2) is 30.3 Å². The normalized spacial score (nSPS) is 11.6. The molecule has 0 aliphatic heterocycles. The van der Waals surface area contributed by atoms with E-state index in [1.165, 1.54) is 12.1 Å². The molecule has 0 bridgehead atoms. The van der Waals surface area contributed by atoms with Gasteiger partial charge in [-0.2, -0.15) is 0 Å². The van der Waals surface area contributed by atoms with E-state index >= 15 is 35.1 Å². The van der Waals surface area contributed by atoms with Crippen molar-refractivity contribution >= 4 is 41.0 Å². The number of nitro groups is 3. The van der Waals surface area contributed by atoms with Gasteiger partial charge in [-0.3, -0.25) is 35.1 Å². The van der Waals surface area contributed by atoms with Crippen LogP contribution in [0.1, 0.15) is 10.4 Å². The van der Waals surface area contributed by atoms with E-state index < -0.39 is 197 Å². The highest BCUT2D eigenvalue weighted by molar-refractivity contribution is 7.76. The Morgan fingerprint density at radius 3 is 0.761 bits per heavy atom. The Hall–Kier alpha value is -6.94. The lowest BCUT2D eigenvalue weighted by molar-refractivity contribution is -0.484. The van der Waals surface area contributed by atoms with E-state index in [1.807, 2.05) is 0 Å². The van der Waals surface area contributed by atoms with Crippen molar-refractivity contribution in [2.75, 3.05) is 25.0 Å². The first-order valence-electron chi connectivity index (χ1n) is 17.0. The molecular weight excluding hydrogens is 996 g/mol. The summed E-state index contributed by atoms with van der Waals surface area (Å²) in [5, 5.41) is 32.3. The Labute approximate surface area is 356 Å². The van der Waals surface area contributed by atoms with Gasteiger partial charge < -0.3 is 0 Å². The zero-order chi connectivity index (χ0) is 51.1. The van der Waals surface area contributed by atoms with Gasteiger partial charge in [0, 0.05) is 5.56 Å². The Bertz CT molecular complexity index is 2480. The van der Waals surface area contributed by atoms with Crippen LogP contribution in [0.4, 0.5) is 87.8 Å². The summed E-state index contributed by atoms with van der Waals surface area (Å²) in [6.45, 7) is 0. The zero-order valence-electron chi connectivity index (χ0n) is 31.5. The van der Waals surface area contributed by atoms with E-state index in [4.69, 9.17) is 0 Å². The molecule has 0 unspecified atom stereocenters. The maximum absolute atomic E-state index is 15.4. The Morgan fingerprint density at radius 1 is 0.373 bits per heavy atom. The van der Waals surface area contributed by atoms with Crippen molar-refractivity contribution in [3.63, 3.8) is 0 Å². The maximum atomic E-state index is 15.4. The summed E-state index contributed by atoms with van der Waals surface area (Å²) in [6, 6.07) is 7.72. The third kappa shape index (κ3) is 9.14. The maximum Gasteiger partial charge on any atom is 0.313 e. The van der Waals surface area contributed by atoms with Gasteiger partial charge in [0.2, 0.25) is 13.0 Å². The Balaban J connectivity index is 0.000000374. The van der Waals surface area contributed by atoms with E-state index in [-0.39, 0.29) is 5.56 Å². The largest absolute Gasteiger partial charge is 0.313 e. The molecular formula is C35H13BF20N3O7P. The van der Waals surface area contributed by atoms with Crippen LogP contribution in [0.3, 0.4) is 0 Å². The molecule has 358 valence electrons. The van der Waals surface area contributed by atoms with E-state index in [2.05, 4.69) is 0 Å². The number of halogens is 20. The highest BCUT2D eigenvalue weighted by Gasteiger charge is 2.56. The monoisotopic (exact) mass is 1010 g/mol. The first-order valence-corrected chi connectivity index (χ1v) is 19.5. The van der Waals surface area contributed by atoms with Gasteiger partial charge in [-0.1, -0.05) is 30.3 Å². The first-order chi connectivity index (χ1) is 30.9. The molecule has 0 aromatic heterocycles. The Kier molecular flexibility index (Phi) is 15.3. The molecule has 5 rings (SSSR count). The van der Waals surface area contributed by atoms with E-state index in [0.29, 0.717) is 0 Å². The van der Waals surface area contributed by atoms with Gasteiger partial charge in [0.1, 0.15) is 58.8 Å². The minimum Gasteiger partial charge on any atom is -0.290 e. The summed E-state index contributed by atoms with van der Waals surface area (Å²) < 4.78 is 294. The summed E-state index contributed by atoms with van der Waals surface area (Å²) in [5.74, 6) is -72.0. The van der Waals surface area contributed by atoms with Crippen molar-refractivity contribution in [2.24, 2.45) is 0 Å². The number of Topliss-reactive ketones (excluding diaryl/α,β-unsaturated/α-hetero) is 1. The number of benzene rings is 5. The summed E-state index contributed by atoms with van der Waals surface area (Å²) in [5.41, 5.74) is -14.1. The van der Waals surface area contributed by atoms with Crippen molar-refractivity contribution in [1.82, 2.24) is 0 Å². The number of hydrogen-bond acceptors (Lipinski definition) is 7. The number of rotatable bonds is 13. The fourth-order valence-corrected chi connectivity index (χ4v) is 9.74. The summed E-state index contributed by atoms with van der Waals surface area (Å²) >= 11 is 0. The molecule has 0 spiro atoms. The van der Waals surface area contributed by atoms with Gasteiger partial charge in [0.25, 0.3) is 0 Å². The molecule has 0 aliphatic carbocycles. The second-order valence-electron chi connectivity index (χ2n) is 13.5. The Morgan fingerprint density at radius 2 is 0.567 bits per heavy atom. The van der Waals surface area contributed by atoms with Crippen LogP contribution in [0.5, 0.6) is 0 Å². The van der Waals surface area contributed by atoms with Gasteiger partial charge in [0.15, 0.2) is 69.8 Å². The number of ketones is 1. The fourth-order valence-electron chi connectivity index (χ4n) is 6.91. The number of carbonyl (C=O) groups is 1. The third-order valence-corrected chi connectivity index (χ3v) is 13.0. The van der Waals surface area contributed by atoms with Gasteiger partial charge in [-0.05, 0) is 0 Å². The molecule has 5 aromatic carbocycles. The quantitative estimate of drug-likeness (QED) is 0.0174. The van der Waals surface area contributed by atoms with Gasteiger partial charge in [0.05, 0.1) is 14.8 Å². The predicted molar refractivity (Wildman–Crippen MR) is 187 cm³/mol. The molecule has 0 heterocycles. The molecule has 0 N–H and O–H groups in total. The van der Waals surface area contributed by atoms with E-state index in [0.717, 1.165) is 0 Å². The molecule has 0 radical (unpaired) electrons. The first kappa shape index (κ1) is 52.7. The topological polar surface area (TPSA) is 146 Å². The number of nitrogens with zero attached hydrogens (tertiary/aromatic N) is 3. The highest BCUT2D eigenvalue weighted by Crippen LogP contribution is 2.58. The van der Waals surface area contributed by atoms with E-state index in [9.17, 15) is 87.8 Å². The van der Waals surface area contributed by atoms with Crippen LogP contribution in [0.25, 0.3) is 0 Å². The van der Waals surface area contributed by atoms with Gasteiger partial charge in [-0.25, -0.2) is 87.8 Å². The van der Waals surface area contributed by atoms with E-state index in [1.54, 1.807) is 18.2 Å². The lowest BCUT2D eigenvalue weighted by Crippen LogP contribution is -2.81. The highest BCUT2D eigenvalue weighted by atomic mass is 31.2. The van der Waals surface area contributed by atoms with Crippen LogP contribution in [-0.2, 0) is 0 Å². The molecule has 0 aliphatic rings. The SMILES string of the molecule is Fc1c(F)c(F)c([B-](c2c(F)c(F)c(F)c(F)c2F)(c2c(F)c(F)c(F)c(F)c2F)c2c(F)c(F)c(F)c(F)c2F)c(F)c1F.O=C(C[P+](C[N+](=O)[O-])(C[N+](=O)[O-])C[N+](=O)[O-])c1ccccc1. The smallest absolute Gasteiger partial charge is 0.290 e. The van der Waals surface area contributed by atoms with Crippen molar-refractivity contribution in [2.45, 2.75) is 0 Å². The van der Waals surface area contributed by atoms with Gasteiger partial charge >= 0.3 is 18.9 Å². The summed E-state index contributed by atoms with van der Waals surface area (Å²) in [7, 11) is -3.33. The van der Waals surface area contributed by atoms with Crippen LogP contribution in [0, 0.1) is 147 Å². The van der Waals surface area contributed by atoms with Crippen molar-refractivity contribution < 1.29 is 107 Å². The van der Waals surface area contributed by atoms with Crippen LogP contribution in [-0.4, -0.2) is 51.7 Å². The standard InChI is InChI=1S/C24BF20.C11H13N3O7P/c26-5-1(6(27)14(35)21(42)13(5)34)25(2-7(28)15(36)22(43)16(37)8(2)29,3-9(30)17(38)23(44)18(39)10(3)31)4-11(32)19(40)24(45)20(41)12(4)33;15-11(10-4-2-1-3-5-10)6-22(7-12(16)17,8-13(18)19)9-14(20)21/h;1-5H,6-9H2/q-1;+1. The third-order valence-electron chi connectivity index (χ3n) is 9.53. The second kappa shape index (κ2) is 19.5. The number of carbonyl (C=O) groups excluding carboxylic acids is 1. The van der Waals surface area contributed by atoms with Crippen LogP contribution >= 0.6 is 7.26 Å². The van der Waals surface area contributed by atoms with Gasteiger partial charge in [-0.15, -0.1) is 21.9 Å². The second-order valence-corrected chi connectivity index (χ2v) is 17.4. The summed E-state index contributed by atoms with van der Waals surface area (Å²) in [4.78, 5) is 42.0. The van der Waals surface area contributed by atoms with Crippen molar-refractivity contribution in [3.05, 3.63) is 183 Å². The predicted octanol–water partition coefficient (Wildman–Crippen LogP) is 7.44. The average Bonchev–Trinajstić information content (AvgIpc) is 3.25. The van der Waals surface area contributed by atoms with Crippen LogP contribution < -0.4 is 21.9 Å². The molecule has 0 amide bonds. The average molecular weight is 1010 g/mol. The van der Waals surface area contributed by atoms with Crippen molar-refractivity contribution in [1.29, 1.82) is 0 Å². The zero-order valence-corrected chi connectivity index (χ0v) is 32.4. The molecule has 0 saturated heterocycles. The molecule has 0 atom stereocenters. The molecule has 0 saturated carbocycles. The molecule has 0 fully saturated rings. The molecule has 32 heteroatoms. The van der Waals surface area contributed by atoms with Crippen molar-refractivity contribution in [3.8, 4) is 0 Å². The number of hydrogen-bond donors (Lipinski definition) is 0. The molecule has 67 heavy (non-hydrogen) atoms. The fraction of sp³-hybridized carbons (Fsp3) is 0.114. The summed E-state index contributed by atoms with van der Waals surface area (Å²) in [6.07, 6.45) is -10.5. The van der Waals surface area contributed by atoms with Crippen LogP contribution in [0.2, 0.25) is 0 Å². The molecule has 5 aromatic rings. The lowest BCUT2D eigenvalue weighted by Gasteiger charge is -2.44.